The molecule has 51 heavy (non-hydrogen) atoms. The van der Waals surface area contributed by atoms with Crippen molar-refractivity contribution in [1.29, 1.82) is 0 Å². The largest absolute Gasteiger partial charge is 0.368 e. The summed E-state index contributed by atoms with van der Waals surface area (Å²) < 4.78 is 2.05. The van der Waals surface area contributed by atoms with E-state index in [1.807, 2.05) is 66.6 Å². The third-order valence-corrected chi connectivity index (χ3v) is 11.6. The van der Waals surface area contributed by atoms with Crippen LogP contribution in [0.5, 0.6) is 0 Å². The van der Waals surface area contributed by atoms with Crippen molar-refractivity contribution in [1.82, 2.24) is 19.8 Å². The number of nitrogens with zero attached hydrogens (tertiary/aromatic N) is 2. The maximum absolute atomic E-state index is 14.0. The van der Waals surface area contributed by atoms with Crippen molar-refractivity contribution in [3.05, 3.63) is 129 Å². The van der Waals surface area contributed by atoms with Gasteiger partial charge in [-0.15, -0.1) is 0 Å². The van der Waals surface area contributed by atoms with E-state index in [4.69, 9.17) is 11.6 Å². The van der Waals surface area contributed by atoms with Crippen molar-refractivity contribution < 1.29 is 4.79 Å². The lowest BCUT2D eigenvalue weighted by molar-refractivity contribution is -0.132. The Bertz CT molecular complexity index is 2050. The van der Waals surface area contributed by atoms with Gasteiger partial charge in [0.1, 0.15) is 0 Å². The van der Waals surface area contributed by atoms with E-state index in [1.54, 1.807) is 0 Å². The molecule has 8 rings (SSSR count). The standard InChI is InChI=1S/C38H44ClN3O2.C6H7N/c1-38(2,3)22-23-18-25-8-9-28-27-6-5-7-32(39)29(27)10-11-30(28)36(25)26(19-23)20-35(43)42-16-12-24(13-17-42)31-21-34-33(40-37(31)44)14-15-41(34)4;1-2-4-6-7-5-3-1/h5-9,14-15,21,23-24,26H,10-13,16-20,22H2,1-4H3,(H,40,44);1-7H/t23-,26?;/m0./s1. The summed E-state index contributed by atoms with van der Waals surface area (Å²) in [5, 5.41) is 3.78. The van der Waals surface area contributed by atoms with Gasteiger partial charge < -0.3 is 19.8 Å². The van der Waals surface area contributed by atoms with E-state index in [0.29, 0.717) is 25.4 Å². The second-order valence-electron chi connectivity index (χ2n) is 16.1. The van der Waals surface area contributed by atoms with Crippen LogP contribution in [0.25, 0.3) is 22.2 Å². The van der Waals surface area contributed by atoms with Crippen LogP contribution in [0.15, 0.2) is 90.2 Å². The number of aromatic nitrogens is 2. The van der Waals surface area contributed by atoms with Gasteiger partial charge in [0.25, 0.3) is 5.56 Å². The van der Waals surface area contributed by atoms with Gasteiger partial charge in [-0.3, -0.25) is 9.59 Å². The fourth-order valence-corrected chi connectivity index (χ4v) is 9.35. The SMILES string of the molecule is C1=CC=CNC=C1.Cn1ccc2[nH]c(=O)c(C3CCN(C(=O)CC4C[C@@H](CC(C)(C)C)Cc5ccc6c(c54)CCc4c(Cl)cccc4-6)CC3)cc21. The summed E-state index contributed by atoms with van der Waals surface area (Å²) in [5.74, 6) is 1.25. The van der Waals surface area contributed by atoms with Crippen LogP contribution in [-0.2, 0) is 31.1 Å². The number of H-pyrrole nitrogens is 1. The predicted molar refractivity (Wildman–Crippen MR) is 210 cm³/mol. The number of amides is 1. The van der Waals surface area contributed by atoms with Crippen LogP contribution >= 0.6 is 11.6 Å². The summed E-state index contributed by atoms with van der Waals surface area (Å²) in [6, 6.07) is 14.9. The Morgan fingerprint density at radius 3 is 2.41 bits per heavy atom. The Morgan fingerprint density at radius 2 is 1.67 bits per heavy atom. The number of likely N-dealkylation sites (tertiary alicyclic amines) is 1. The van der Waals surface area contributed by atoms with E-state index in [0.717, 1.165) is 66.6 Å². The Balaban J connectivity index is 0.000000520. The van der Waals surface area contributed by atoms with Crippen molar-refractivity contribution in [2.45, 2.75) is 84.0 Å². The summed E-state index contributed by atoms with van der Waals surface area (Å²) in [6.07, 6.45) is 21.0. The molecule has 6 nitrogen and oxygen atoms in total. The molecule has 1 saturated heterocycles. The molecule has 0 spiro atoms. The third kappa shape index (κ3) is 7.67. The Kier molecular flexibility index (Phi) is 10.2. The smallest absolute Gasteiger partial charge is 0.252 e. The maximum Gasteiger partial charge on any atom is 0.252 e. The van der Waals surface area contributed by atoms with Gasteiger partial charge in [0.05, 0.1) is 11.0 Å². The number of fused-ring (bicyclic) bond motifs is 6. The van der Waals surface area contributed by atoms with Crippen LogP contribution in [0.3, 0.4) is 0 Å². The van der Waals surface area contributed by atoms with Gasteiger partial charge in [0.15, 0.2) is 0 Å². The minimum atomic E-state index is 0.00446. The van der Waals surface area contributed by atoms with Gasteiger partial charge >= 0.3 is 0 Å². The van der Waals surface area contributed by atoms with E-state index in [9.17, 15) is 9.59 Å². The van der Waals surface area contributed by atoms with Crippen LogP contribution in [-0.4, -0.2) is 33.4 Å². The van der Waals surface area contributed by atoms with Gasteiger partial charge in [-0.1, -0.05) is 68.8 Å². The molecule has 4 aromatic rings. The molecule has 4 heterocycles. The van der Waals surface area contributed by atoms with Crippen molar-refractivity contribution in [3.63, 3.8) is 0 Å². The molecule has 2 atom stereocenters. The molecule has 1 fully saturated rings. The maximum atomic E-state index is 14.0. The summed E-state index contributed by atoms with van der Waals surface area (Å²) in [5.41, 5.74) is 11.2. The molecule has 1 amide bonds. The lowest BCUT2D eigenvalue weighted by Gasteiger charge is -2.39. The average Bonchev–Trinajstić information content (AvgIpc) is 3.26. The Labute approximate surface area is 307 Å². The number of carbonyl (C=O) groups excluding carboxylic acids is 1. The predicted octanol–water partition coefficient (Wildman–Crippen LogP) is 9.34. The zero-order valence-corrected chi connectivity index (χ0v) is 31.2. The molecule has 7 heteroatoms. The number of carbonyl (C=O) groups is 1. The minimum absolute atomic E-state index is 0.00446. The molecule has 266 valence electrons. The number of benzene rings is 2. The second-order valence-corrected chi connectivity index (χ2v) is 16.5. The van der Waals surface area contributed by atoms with E-state index in [1.165, 1.54) is 33.4 Å². The van der Waals surface area contributed by atoms with Crippen LogP contribution in [0.4, 0.5) is 0 Å². The van der Waals surface area contributed by atoms with Crippen molar-refractivity contribution >= 4 is 28.5 Å². The van der Waals surface area contributed by atoms with E-state index in [2.05, 4.69) is 66.3 Å². The summed E-state index contributed by atoms with van der Waals surface area (Å²) in [4.78, 5) is 32.1. The molecule has 4 aliphatic rings. The monoisotopic (exact) mass is 702 g/mol. The third-order valence-electron chi connectivity index (χ3n) is 11.3. The highest BCUT2D eigenvalue weighted by Crippen LogP contribution is 2.48. The Hall–Kier alpha value is -4.29. The number of rotatable bonds is 4. The first-order valence-electron chi connectivity index (χ1n) is 18.7. The number of hydrogen-bond donors (Lipinski definition) is 2. The number of aromatic amines is 1. The zero-order valence-electron chi connectivity index (χ0n) is 30.5. The fourth-order valence-electron chi connectivity index (χ4n) is 9.08. The number of hydrogen-bond acceptors (Lipinski definition) is 3. The second kappa shape index (κ2) is 14.7. The first kappa shape index (κ1) is 35.1. The molecule has 1 unspecified atom stereocenters. The highest BCUT2D eigenvalue weighted by Gasteiger charge is 2.36. The number of nitrogens with one attached hydrogen (secondary N) is 2. The molecule has 2 aromatic heterocycles. The highest BCUT2D eigenvalue weighted by molar-refractivity contribution is 6.31. The molecular formula is C44H51ClN4O2. The molecule has 0 radical (unpaired) electrons. The number of piperidine rings is 1. The molecule has 0 bridgehead atoms. The van der Waals surface area contributed by atoms with E-state index in [-0.39, 0.29) is 28.7 Å². The quantitative estimate of drug-likeness (QED) is 0.223. The molecule has 2 N–H and O–H groups in total. The fraction of sp³-hybridized carbons (Fsp3) is 0.409. The van der Waals surface area contributed by atoms with Crippen LogP contribution < -0.4 is 10.9 Å². The molecule has 2 aliphatic heterocycles. The van der Waals surface area contributed by atoms with Gasteiger partial charge in [0.2, 0.25) is 5.91 Å². The molecular weight excluding hydrogens is 652 g/mol. The van der Waals surface area contributed by atoms with Gasteiger partial charge in [-0.2, -0.15) is 0 Å². The average molecular weight is 703 g/mol. The lowest BCUT2D eigenvalue weighted by Crippen LogP contribution is -2.40. The van der Waals surface area contributed by atoms with Crippen LogP contribution in [0.1, 0.15) is 92.5 Å². The molecule has 2 aliphatic carbocycles. The number of allylic oxidation sites excluding steroid dienone is 4. The van der Waals surface area contributed by atoms with Crippen LogP contribution in [0.2, 0.25) is 5.02 Å². The van der Waals surface area contributed by atoms with Gasteiger partial charge in [-0.05, 0) is 132 Å². The summed E-state index contributed by atoms with van der Waals surface area (Å²) in [7, 11) is 2.01. The van der Waals surface area contributed by atoms with Crippen molar-refractivity contribution in [3.8, 4) is 11.1 Å². The minimum Gasteiger partial charge on any atom is -0.368 e. The first-order chi connectivity index (χ1) is 24.6. The first-order valence-corrected chi connectivity index (χ1v) is 19.1. The van der Waals surface area contributed by atoms with E-state index >= 15 is 0 Å². The highest BCUT2D eigenvalue weighted by atomic mass is 35.5. The lowest BCUT2D eigenvalue weighted by atomic mass is 9.67. The normalized spacial score (nSPS) is 19.7. The Morgan fingerprint density at radius 1 is 0.941 bits per heavy atom. The van der Waals surface area contributed by atoms with Gasteiger partial charge in [-0.25, -0.2) is 0 Å². The number of aryl methyl sites for hydroxylation is 1. The van der Waals surface area contributed by atoms with E-state index < -0.39 is 0 Å². The topological polar surface area (TPSA) is 70.1 Å². The molecule has 0 saturated carbocycles. The van der Waals surface area contributed by atoms with Gasteiger partial charge in [0, 0.05) is 55.7 Å². The zero-order chi connectivity index (χ0) is 35.7. The van der Waals surface area contributed by atoms with Crippen molar-refractivity contribution in [2.75, 3.05) is 13.1 Å². The molecule has 2 aromatic carbocycles. The number of halogens is 1. The number of pyridine rings is 1. The van der Waals surface area contributed by atoms with Crippen molar-refractivity contribution in [2.24, 2.45) is 18.4 Å². The summed E-state index contributed by atoms with van der Waals surface area (Å²) in [6.45, 7) is 8.42. The summed E-state index contributed by atoms with van der Waals surface area (Å²) >= 11 is 6.63. The van der Waals surface area contributed by atoms with Crippen LogP contribution in [0, 0.1) is 11.3 Å².